The van der Waals surface area contributed by atoms with Gasteiger partial charge in [0.25, 0.3) is 0 Å². The van der Waals surface area contributed by atoms with Crippen LogP contribution in [0.2, 0.25) is 5.02 Å². The number of nitrogens with zero attached hydrogens (tertiary/aromatic N) is 2. The van der Waals surface area contributed by atoms with Gasteiger partial charge in [0, 0.05) is 11.3 Å². The molecule has 1 aliphatic carbocycles. The van der Waals surface area contributed by atoms with Crippen molar-refractivity contribution in [2.24, 2.45) is 0 Å². The Balaban J connectivity index is 1.95. The zero-order valence-electron chi connectivity index (χ0n) is 11.2. The minimum Gasteiger partial charge on any atom is -0.387 e. The number of anilines is 2. The summed E-state index contributed by atoms with van der Waals surface area (Å²) in [5.74, 6) is 0.400. The highest BCUT2D eigenvalue weighted by Crippen LogP contribution is 2.38. The van der Waals surface area contributed by atoms with Gasteiger partial charge in [-0.3, -0.25) is 0 Å². The van der Waals surface area contributed by atoms with Gasteiger partial charge in [-0.05, 0) is 31.0 Å². The predicted molar refractivity (Wildman–Crippen MR) is 75.0 cm³/mol. The third-order valence-corrected chi connectivity index (χ3v) is 3.83. The Morgan fingerprint density at radius 1 is 1.27 bits per heavy atom. The number of alkyl halides is 3. The van der Waals surface area contributed by atoms with Crippen LogP contribution in [0.3, 0.4) is 0 Å². The van der Waals surface area contributed by atoms with Crippen LogP contribution < -0.4 is 5.32 Å². The second kappa shape index (κ2) is 5.40. The molecule has 0 aliphatic heterocycles. The van der Waals surface area contributed by atoms with E-state index >= 15 is 0 Å². The summed E-state index contributed by atoms with van der Waals surface area (Å²) in [5, 5.41) is 12.3. The molecule has 1 atom stereocenters. The molecule has 8 heteroatoms. The topological polar surface area (TPSA) is 58.0 Å². The molecule has 1 aromatic carbocycles. The van der Waals surface area contributed by atoms with Gasteiger partial charge in [0.05, 0.1) is 22.4 Å². The van der Waals surface area contributed by atoms with Crippen molar-refractivity contribution in [3.05, 3.63) is 46.4 Å². The molecule has 0 fully saturated rings. The zero-order chi connectivity index (χ0) is 15.9. The number of hydrogen-bond acceptors (Lipinski definition) is 4. The van der Waals surface area contributed by atoms with E-state index in [1.807, 2.05) is 0 Å². The molecule has 2 aromatic rings. The molecule has 22 heavy (non-hydrogen) atoms. The van der Waals surface area contributed by atoms with Gasteiger partial charge in [0.1, 0.15) is 12.1 Å². The maximum Gasteiger partial charge on any atom is 0.417 e. The van der Waals surface area contributed by atoms with Crippen LogP contribution in [0.15, 0.2) is 24.5 Å². The van der Waals surface area contributed by atoms with Crippen molar-refractivity contribution in [2.75, 3.05) is 5.32 Å². The molecule has 0 spiro atoms. The van der Waals surface area contributed by atoms with Crippen molar-refractivity contribution < 1.29 is 18.3 Å². The molecular weight excluding hydrogens is 319 g/mol. The van der Waals surface area contributed by atoms with Crippen molar-refractivity contribution in [2.45, 2.75) is 25.1 Å². The van der Waals surface area contributed by atoms with Crippen LogP contribution in [0, 0.1) is 0 Å². The molecule has 1 unspecified atom stereocenters. The summed E-state index contributed by atoms with van der Waals surface area (Å²) >= 11 is 5.59. The molecule has 116 valence electrons. The Morgan fingerprint density at radius 3 is 2.77 bits per heavy atom. The fourth-order valence-electron chi connectivity index (χ4n) is 2.44. The van der Waals surface area contributed by atoms with Crippen molar-refractivity contribution in [3.8, 4) is 0 Å². The van der Waals surface area contributed by atoms with Crippen LogP contribution in [0.4, 0.5) is 24.7 Å². The lowest BCUT2D eigenvalue weighted by atomic mass is 10.1. The van der Waals surface area contributed by atoms with Crippen molar-refractivity contribution in [3.63, 3.8) is 0 Å². The molecule has 0 bridgehead atoms. The number of fused-ring (bicyclic) bond motifs is 1. The summed E-state index contributed by atoms with van der Waals surface area (Å²) in [6, 6.07) is 3.56. The van der Waals surface area contributed by atoms with Gasteiger partial charge in [-0.15, -0.1) is 0 Å². The highest BCUT2D eigenvalue weighted by atomic mass is 35.5. The molecule has 1 heterocycles. The number of halogens is 4. The monoisotopic (exact) mass is 329 g/mol. The zero-order valence-corrected chi connectivity index (χ0v) is 11.9. The molecule has 4 nitrogen and oxygen atoms in total. The predicted octanol–water partition coefficient (Wildman–Crippen LogP) is 3.87. The average Bonchev–Trinajstić information content (AvgIpc) is 2.83. The van der Waals surface area contributed by atoms with Gasteiger partial charge in [-0.1, -0.05) is 11.6 Å². The average molecular weight is 330 g/mol. The van der Waals surface area contributed by atoms with E-state index < -0.39 is 17.8 Å². The summed E-state index contributed by atoms with van der Waals surface area (Å²) in [6.45, 7) is 0. The Labute approximate surface area is 129 Å². The van der Waals surface area contributed by atoms with Gasteiger partial charge >= 0.3 is 6.18 Å². The maximum atomic E-state index is 12.9. The van der Waals surface area contributed by atoms with E-state index in [1.54, 1.807) is 0 Å². The fourth-order valence-corrected chi connectivity index (χ4v) is 2.67. The van der Waals surface area contributed by atoms with Crippen molar-refractivity contribution in [1.29, 1.82) is 0 Å². The second-order valence-corrected chi connectivity index (χ2v) is 5.37. The minimum atomic E-state index is -4.53. The number of aliphatic hydroxyl groups is 1. The van der Waals surface area contributed by atoms with Gasteiger partial charge in [-0.25, -0.2) is 9.97 Å². The van der Waals surface area contributed by atoms with E-state index in [-0.39, 0.29) is 10.7 Å². The van der Waals surface area contributed by atoms with E-state index in [9.17, 15) is 18.3 Å². The quantitative estimate of drug-likeness (QED) is 0.878. The first-order valence-corrected chi connectivity index (χ1v) is 6.89. The summed E-state index contributed by atoms with van der Waals surface area (Å²) in [5.41, 5.74) is 0.546. The molecular formula is C14H11ClF3N3O. The maximum absolute atomic E-state index is 12.9. The van der Waals surface area contributed by atoms with E-state index in [0.717, 1.165) is 11.6 Å². The molecule has 2 N–H and O–H groups in total. The van der Waals surface area contributed by atoms with Gasteiger partial charge < -0.3 is 10.4 Å². The molecule has 1 aromatic heterocycles. The van der Waals surface area contributed by atoms with E-state index in [0.29, 0.717) is 24.4 Å². The molecule has 3 rings (SSSR count). The third kappa shape index (κ3) is 2.74. The standard InChI is InChI=1S/C14H11ClF3N3O/c15-10-3-1-7(5-9(10)14(16,17)18)21-13-8-2-4-11(22)12(8)19-6-20-13/h1,3,5-6,11,22H,2,4H2,(H,19,20,21). The first-order valence-electron chi connectivity index (χ1n) is 6.52. The van der Waals surface area contributed by atoms with E-state index in [4.69, 9.17) is 11.6 Å². The molecule has 0 saturated heterocycles. The van der Waals surface area contributed by atoms with Crippen LogP contribution in [0.1, 0.15) is 29.3 Å². The Kier molecular flexibility index (Phi) is 3.70. The van der Waals surface area contributed by atoms with Crippen LogP contribution >= 0.6 is 11.6 Å². The van der Waals surface area contributed by atoms with E-state index in [1.165, 1.54) is 18.5 Å². The summed E-state index contributed by atoms with van der Waals surface area (Å²) in [4.78, 5) is 8.06. The van der Waals surface area contributed by atoms with Crippen molar-refractivity contribution in [1.82, 2.24) is 9.97 Å². The molecule has 0 radical (unpaired) electrons. The highest BCUT2D eigenvalue weighted by molar-refractivity contribution is 6.31. The summed E-state index contributed by atoms with van der Waals surface area (Å²) < 4.78 is 38.6. The van der Waals surface area contributed by atoms with Gasteiger partial charge in [0.2, 0.25) is 0 Å². The van der Waals surface area contributed by atoms with E-state index in [2.05, 4.69) is 15.3 Å². The summed E-state index contributed by atoms with van der Waals surface area (Å²) in [7, 11) is 0. The molecule has 0 amide bonds. The van der Waals surface area contributed by atoms with Crippen LogP contribution in [-0.4, -0.2) is 15.1 Å². The van der Waals surface area contributed by atoms with Crippen LogP contribution in [-0.2, 0) is 12.6 Å². The van der Waals surface area contributed by atoms with Crippen LogP contribution in [0.25, 0.3) is 0 Å². The number of nitrogens with one attached hydrogen (secondary N) is 1. The Morgan fingerprint density at radius 2 is 2.05 bits per heavy atom. The third-order valence-electron chi connectivity index (χ3n) is 3.50. The summed E-state index contributed by atoms with van der Waals surface area (Å²) in [6.07, 6.45) is -2.82. The lowest BCUT2D eigenvalue weighted by Crippen LogP contribution is -2.07. The van der Waals surface area contributed by atoms with Gasteiger partial charge in [0.15, 0.2) is 0 Å². The lowest BCUT2D eigenvalue weighted by molar-refractivity contribution is -0.137. The molecule has 0 saturated carbocycles. The number of rotatable bonds is 2. The number of aliphatic hydroxyl groups excluding tert-OH is 1. The Bertz CT molecular complexity index is 721. The normalized spacial score (nSPS) is 17.4. The second-order valence-electron chi connectivity index (χ2n) is 4.96. The van der Waals surface area contributed by atoms with Crippen LogP contribution in [0.5, 0.6) is 0 Å². The van der Waals surface area contributed by atoms with Crippen molar-refractivity contribution >= 4 is 23.1 Å². The highest BCUT2D eigenvalue weighted by Gasteiger charge is 2.33. The molecule has 1 aliphatic rings. The largest absolute Gasteiger partial charge is 0.417 e. The number of aromatic nitrogens is 2. The Hall–Kier alpha value is -1.86. The number of hydrogen-bond donors (Lipinski definition) is 2. The van der Waals surface area contributed by atoms with Gasteiger partial charge in [-0.2, -0.15) is 13.2 Å². The SMILES string of the molecule is OC1CCc2c(Nc3ccc(Cl)c(C(F)(F)F)c3)ncnc21. The number of benzene rings is 1. The minimum absolute atomic E-state index is 0.221. The smallest absolute Gasteiger partial charge is 0.387 e. The fraction of sp³-hybridized carbons (Fsp3) is 0.286. The first kappa shape index (κ1) is 15.1. The lowest BCUT2D eigenvalue weighted by Gasteiger charge is -2.13. The first-order chi connectivity index (χ1) is 10.4.